The van der Waals surface area contributed by atoms with Crippen LogP contribution in [0.2, 0.25) is 0 Å². The number of nitrogens with one attached hydrogen (secondary N) is 1. The molecule has 0 aliphatic rings. The zero-order chi connectivity index (χ0) is 18.3. The second-order valence-electron chi connectivity index (χ2n) is 6.06. The Hall–Kier alpha value is -3.12. The average Bonchev–Trinajstić information content (AvgIpc) is 2.96. The molecule has 0 radical (unpaired) electrons. The predicted molar refractivity (Wildman–Crippen MR) is 107 cm³/mol. The van der Waals surface area contributed by atoms with Crippen LogP contribution >= 0.6 is 11.3 Å². The molecule has 0 spiro atoms. The van der Waals surface area contributed by atoms with Crippen LogP contribution in [0.25, 0.3) is 21.1 Å². The number of benzene rings is 2. The van der Waals surface area contributed by atoms with Crippen molar-refractivity contribution in [2.75, 3.05) is 18.2 Å². The number of fused-ring (bicyclic) bond motifs is 2. The zero-order valence-corrected chi connectivity index (χ0v) is 15.2. The minimum atomic E-state index is -0.240. The molecule has 0 aliphatic carbocycles. The Kier molecular flexibility index (Phi) is 3.97. The number of anilines is 2. The van der Waals surface area contributed by atoms with Gasteiger partial charge in [0.05, 0.1) is 18.3 Å². The molecule has 4 aromatic rings. The Morgan fingerprint density at radius 2 is 1.92 bits per heavy atom. The predicted octanol–water partition coefficient (Wildman–Crippen LogP) is 4.60. The van der Waals surface area contributed by atoms with Gasteiger partial charge in [0.1, 0.15) is 15.5 Å². The van der Waals surface area contributed by atoms with Crippen LogP contribution in [0.1, 0.15) is 15.2 Å². The van der Waals surface area contributed by atoms with Gasteiger partial charge in [-0.15, -0.1) is 11.3 Å². The van der Waals surface area contributed by atoms with Crippen molar-refractivity contribution < 1.29 is 9.53 Å². The molecule has 26 heavy (non-hydrogen) atoms. The lowest BCUT2D eigenvalue weighted by atomic mass is 10.1. The maximum Gasteiger partial charge on any atom is 0.267 e. The fourth-order valence-corrected chi connectivity index (χ4v) is 3.81. The van der Waals surface area contributed by atoms with Crippen LogP contribution in [0.4, 0.5) is 11.4 Å². The van der Waals surface area contributed by atoms with Gasteiger partial charge in [-0.25, -0.2) is 4.98 Å². The minimum Gasteiger partial charge on any atom is -0.497 e. The van der Waals surface area contributed by atoms with Gasteiger partial charge in [0.25, 0.3) is 5.91 Å². The third kappa shape index (κ3) is 2.84. The van der Waals surface area contributed by atoms with Gasteiger partial charge < -0.3 is 15.8 Å². The van der Waals surface area contributed by atoms with Gasteiger partial charge in [0.2, 0.25) is 0 Å². The van der Waals surface area contributed by atoms with Gasteiger partial charge in [-0.05, 0) is 48.9 Å². The summed E-state index contributed by atoms with van der Waals surface area (Å²) in [7, 11) is 1.60. The summed E-state index contributed by atoms with van der Waals surface area (Å²) in [6, 6.07) is 15.2. The monoisotopic (exact) mass is 363 g/mol. The molecule has 6 heteroatoms. The van der Waals surface area contributed by atoms with Crippen LogP contribution in [0.3, 0.4) is 0 Å². The number of amides is 1. The molecule has 3 N–H and O–H groups in total. The van der Waals surface area contributed by atoms with Crippen molar-refractivity contribution in [2.45, 2.75) is 6.92 Å². The van der Waals surface area contributed by atoms with Crippen LogP contribution in [0.5, 0.6) is 5.75 Å². The first-order valence-electron chi connectivity index (χ1n) is 8.10. The van der Waals surface area contributed by atoms with Crippen molar-refractivity contribution in [3.05, 3.63) is 59.0 Å². The SMILES string of the molecule is COc1ccc(NC(=O)c2sc3nc4cc(C)ccc4cc3c2N)cc1. The van der Waals surface area contributed by atoms with E-state index in [9.17, 15) is 4.79 Å². The van der Waals surface area contributed by atoms with Crippen molar-refractivity contribution in [1.29, 1.82) is 0 Å². The summed E-state index contributed by atoms with van der Waals surface area (Å²) in [5.74, 6) is 0.492. The van der Waals surface area contributed by atoms with Crippen molar-refractivity contribution in [2.24, 2.45) is 0 Å². The number of hydrogen-bond donors (Lipinski definition) is 2. The summed E-state index contributed by atoms with van der Waals surface area (Å²) in [5, 5.41) is 4.69. The smallest absolute Gasteiger partial charge is 0.267 e. The van der Waals surface area contributed by atoms with E-state index in [0.29, 0.717) is 16.3 Å². The van der Waals surface area contributed by atoms with Crippen LogP contribution in [0, 0.1) is 6.92 Å². The maximum absolute atomic E-state index is 12.7. The van der Waals surface area contributed by atoms with E-state index in [2.05, 4.69) is 10.3 Å². The van der Waals surface area contributed by atoms with Gasteiger partial charge in [-0.2, -0.15) is 0 Å². The molecule has 1 amide bonds. The van der Waals surface area contributed by atoms with Gasteiger partial charge in [0, 0.05) is 16.5 Å². The van der Waals surface area contributed by atoms with Crippen LogP contribution < -0.4 is 15.8 Å². The van der Waals surface area contributed by atoms with Crippen molar-refractivity contribution in [3.8, 4) is 5.75 Å². The number of hydrogen-bond acceptors (Lipinski definition) is 5. The number of pyridine rings is 1. The molecule has 2 aromatic carbocycles. The van der Waals surface area contributed by atoms with E-state index in [1.165, 1.54) is 11.3 Å². The Bertz CT molecular complexity index is 1130. The highest BCUT2D eigenvalue weighted by Gasteiger charge is 2.18. The molecular formula is C20H17N3O2S. The molecule has 0 unspecified atom stereocenters. The second-order valence-corrected chi connectivity index (χ2v) is 7.06. The molecular weight excluding hydrogens is 346 g/mol. The number of nitrogen functional groups attached to an aromatic ring is 1. The number of carbonyl (C=O) groups excluding carboxylic acids is 1. The van der Waals surface area contributed by atoms with Gasteiger partial charge in [0.15, 0.2) is 0 Å². The number of rotatable bonds is 3. The number of nitrogens with zero attached hydrogens (tertiary/aromatic N) is 1. The summed E-state index contributed by atoms with van der Waals surface area (Å²) in [6.07, 6.45) is 0. The Morgan fingerprint density at radius 3 is 2.65 bits per heavy atom. The van der Waals surface area contributed by atoms with E-state index in [-0.39, 0.29) is 5.91 Å². The summed E-state index contributed by atoms with van der Waals surface area (Å²) >= 11 is 1.31. The number of carbonyl (C=O) groups is 1. The third-order valence-electron chi connectivity index (χ3n) is 4.23. The molecule has 0 bridgehead atoms. The molecule has 0 aliphatic heterocycles. The van der Waals surface area contributed by atoms with E-state index >= 15 is 0 Å². The third-order valence-corrected chi connectivity index (χ3v) is 5.34. The first-order chi connectivity index (χ1) is 12.5. The standard InChI is InChI=1S/C20H17N3O2S/c1-11-3-4-12-10-15-17(21)18(26-20(15)23-16(12)9-11)19(24)22-13-5-7-14(25-2)8-6-13/h3-10H,21H2,1-2H3,(H,22,24). The van der Waals surface area contributed by atoms with E-state index in [4.69, 9.17) is 10.5 Å². The highest BCUT2D eigenvalue weighted by atomic mass is 32.1. The molecule has 5 nitrogen and oxygen atoms in total. The van der Waals surface area contributed by atoms with E-state index in [1.807, 2.05) is 31.2 Å². The van der Waals surface area contributed by atoms with Gasteiger partial charge >= 0.3 is 0 Å². The number of methoxy groups -OCH3 is 1. The molecule has 0 atom stereocenters. The lowest BCUT2D eigenvalue weighted by Gasteiger charge is -2.05. The Labute approximate surface area is 154 Å². The average molecular weight is 363 g/mol. The molecule has 4 rings (SSSR count). The lowest BCUT2D eigenvalue weighted by molar-refractivity contribution is 0.103. The minimum absolute atomic E-state index is 0.240. The van der Waals surface area contributed by atoms with Crippen LogP contribution in [-0.4, -0.2) is 18.0 Å². The molecule has 130 valence electrons. The van der Waals surface area contributed by atoms with Crippen LogP contribution in [-0.2, 0) is 0 Å². The number of ether oxygens (including phenoxy) is 1. The number of thiophene rings is 1. The normalized spacial score (nSPS) is 11.0. The fraction of sp³-hybridized carbons (Fsp3) is 0.100. The van der Waals surface area contributed by atoms with E-state index < -0.39 is 0 Å². The van der Waals surface area contributed by atoms with Gasteiger partial charge in [-0.3, -0.25) is 4.79 Å². The highest BCUT2D eigenvalue weighted by Crippen LogP contribution is 2.35. The van der Waals surface area contributed by atoms with Crippen molar-refractivity contribution in [3.63, 3.8) is 0 Å². The highest BCUT2D eigenvalue weighted by molar-refractivity contribution is 7.21. The fourth-order valence-electron chi connectivity index (χ4n) is 2.84. The Morgan fingerprint density at radius 1 is 1.15 bits per heavy atom. The quantitative estimate of drug-likeness (QED) is 0.558. The topological polar surface area (TPSA) is 77.2 Å². The molecule has 2 heterocycles. The van der Waals surface area contributed by atoms with Crippen LogP contribution in [0.15, 0.2) is 48.5 Å². The van der Waals surface area contributed by atoms with E-state index in [0.717, 1.165) is 32.4 Å². The zero-order valence-electron chi connectivity index (χ0n) is 14.4. The van der Waals surface area contributed by atoms with Gasteiger partial charge in [-0.1, -0.05) is 12.1 Å². The molecule has 0 saturated heterocycles. The second kappa shape index (κ2) is 6.31. The largest absolute Gasteiger partial charge is 0.497 e. The molecule has 2 aromatic heterocycles. The van der Waals surface area contributed by atoms with Crippen molar-refractivity contribution >= 4 is 49.7 Å². The number of aryl methyl sites for hydroxylation is 1. The number of aromatic nitrogens is 1. The summed E-state index contributed by atoms with van der Waals surface area (Å²) in [6.45, 7) is 2.03. The first-order valence-corrected chi connectivity index (χ1v) is 8.91. The van der Waals surface area contributed by atoms with E-state index in [1.54, 1.807) is 31.4 Å². The lowest BCUT2D eigenvalue weighted by Crippen LogP contribution is -2.11. The summed E-state index contributed by atoms with van der Waals surface area (Å²) in [4.78, 5) is 18.6. The number of nitrogens with two attached hydrogens (primary N) is 1. The summed E-state index contributed by atoms with van der Waals surface area (Å²) < 4.78 is 5.12. The summed E-state index contributed by atoms with van der Waals surface area (Å²) in [5.41, 5.74) is 9.44. The molecule has 0 saturated carbocycles. The van der Waals surface area contributed by atoms with Crippen molar-refractivity contribution in [1.82, 2.24) is 4.98 Å². The Balaban J connectivity index is 1.71. The maximum atomic E-state index is 12.7. The first kappa shape index (κ1) is 16.4. The molecule has 0 fully saturated rings.